The molecule has 0 spiro atoms. The van der Waals surface area contributed by atoms with Crippen LogP contribution in [0.15, 0.2) is 0 Å². The zero-order valence-corrected chi connectivity index (χ0v) is 13.6. The molecule has 0 aromatic carbocycles. The fraction of sp³-hybridized carbons (Fsp3) is 0.909. The molecule has 0 aliphatic carbocycles. The quantitative estimate of drug-likeness (QED) is 0.222. The van der Waals surface area contributed by atoms with Gasteiger partial charge in [-0.25, -0.2) is 0 Å². The summed E-state index contributed by atoms with van der Waals surface area (Å²) in [5.74, 6) is -2.64. The molecule has 130 valence electrons. The van der Waals surface area contributed by atoms with Gasteiger partial charge in [-0.05, 0) is 5.92 Å². The molecule has 4 nitrogen and oxygen atoms in total. The number of carbonyl (C=O) groups is 1. The van der Waals surface area contributed by atoms with Gasteiger partial charge in [-0.3, -0.25) is 4.79 Å². The Hall–Kier alpha value is -0.300. The standard InChI is InChI=1S/C11H14F6INO3/c1-4(2)7(22-8(20)6(18)5-3-19-5)9(21,10(12,13)14)11(15,16)17/h4-7,19,21H,3H2,1-2H3. The van der Waals surface area contributed by atoms with Crippen molar-refractivity contribution in [1.82, 2.24) is 5.32 Å². The van der Waals surface area contributed by atoms with Crippen LogP contribution < -0.4 is 5.32 Å². The number of alkyl halides is 7. The number of hydrogen-bond donors (Lipinski definition) is 2. The number of rotatable bonds is 5. The van der Waals surface area contributed by atoms with E-state index in [-0.39, 0.29) is 6.04 Å². The summed E-state index contributed by atoms with van der Waals surface area (Å²) < 4.78 is 80.6. The van der Waals surface area contributed by atoms with Crippen molar-refractivity contribution >= 4 is 28.6 Å². The minimum atomic E-state index is -6.04. The van der Waals surface area contributed by atoms with Crippen LogP contribution in [0.1, 0.15) is 13.8 Å². The van der Waals surface area contributed by atoms with Gasteiger partial charge in [0.15, 0.2) is 6.10 Å². The summed E-state index contributed by atoms with van der Waals surface area (Å²) in [5, 5.41) is 12.1. The maximum atomic E-state index is 12.9. The number of carbonyl (C=O) groups excluding carboxylic acids is 1. The van der Waals surface area contributed by atoms with Crippen LogP contribution in [0.25, 0.3) is 0 Å². The molecule has 0 aromatic rings. The monoisotopic (exact) mass is 449 g/mol. The smallest absolute Gasteiger partial charge is 0.430 e. The predicted octanol–water partition coefficient (Wildman–Crippen LogP) is 2.19. The van der Waals surface area contributed by atoms with Gasteiger partial charge in [0.1, 0.15) is 3.92 Å². The SMILES string of the molecule is CC(C)C(OC(=O)C(I)C1CN1)C(O)(C(F)(F)F)C(F)(F)F. The zero-order chi connectivity index (χ0) is 17.5. The Morgan fingerprint density at radius 1 is 1.23 bits per heavy atom. The van der Waals surface area contributed by atoms with Crippen LogP contribution in [0, 0.1) is 5.92 Å². The Balaban J connectivity index is 3.12. The molecule has 0 bridgehead atoms. The summed E-state index contributed by atoms with van der Waals surface area (Å²) in [5.41, 5.74) is -5.13. The molecule has 11 heteroatoms. The maximum absolute atomic E-state index is 12.9. The number of hydrogen-bond acceptors (Lipinski definition) is 4. The van der Waals surface area contributed by atoms with Gasteiger partial charge in [0.25, 0.3) is 5.60 Å². The predicted molar refractivity (Wildman–Crippen MR) is 71.4 cm³/mol. The first-order valence-electron chi connectivity index (χ1n) is 6.17. The van der Waals surface area contributed by atoms with Crippen LogP contribution in [0.5, 0.6) is 0 Å². The maximum Gasteiger partial charge on any atom is 0.430 e. The van der Waals surface area contributed by atoms with E-state index in [4.69, 9.17) is 0 Å². The van der Waals surface area contributed by atoms with E-state index in [0.29, 0.717) is 6.54 Å². The molecule has 3 unspecified atom stereocenters. The van der Waals surface area contributed by atoms with E-state index in [2.05, 4.69) is 10.1 Å². The zero-order valence-electron chi connectivity index (χ0n) is 11.4. The molecule has 1 aliphatic rings. The van der Waals surface area contributed by atoms with Crippen LogP contribution in [0.2, 0.25) is 0 Å². The Labute approximate surface area is 135 Å². The topological polar surface area (TPSA) is 68.5 Å². The normalized spacial score (nSPS) is 22.4. The van der Waals surface area contributed by atoms with E-state index in [1.165, 1.54) is 0 Å². The van der Waals surface area contributed by atoms with Gasteiger partial charge < -0.3 is 15.2 Å². The Morgan fingerprint density at radius 2 is 1.64 bits per heavy atom. The molecule has 0 saturated carbocycles. The molecule has 1 saturated heterocycles. The Morgan fingerprint density at radius 3 is 1.91 bits per heavy atom. The Kier molecular flexibility index (Phi) is 5.66. The van der Waals surface area contributed by atoms with Gasteiger partial charge in [0.2, 0.25) is 0 Å². The molecular formula is C11H14F6INO3. The third-order valence-electron chi connectivity index (χ3n) is 3.14. The fourth-order valence-corrected chi connectivity index (χ4v) is 2.47. The van der Waals surface area contributed by atoms with Crippen molar-refractivity contribution in [2.45, 2.75) is 47.9 Å². The van der Waals surface area contributed by atoms with Crippen molar-refractivity contribution in [3.8, 4) is 0 Å². The summed E-state index contributed by atoms with van der Waals surface area (Å²) in [4.78, 5) is 11.7. The van der Waals surface area contributed by atoms with Crippen LogP contribution in [0.3, 0.4) is 0 Å². The number of ether oxygens (including phenoxy) is 1. The Bertz CT molecular complexity index is 407. The van der Waals surface area contributed by atoms with Crippen LogP contribution in [-0.4, -0.2) is 51.6 Å². The van der Waals surface area contributed by atoms with E-state index in [1.807, 2.05) is 0 Å². The van der Waals surface area contributed by atoms with E-state index in [0.717, 1.165) is 13.8 Å². The van der Waals surface area contributed by atoms with E-state index < -0.39 is 39.9 Å². The van der Waals surface area contributed by atoms with Crippen molar-refractivity contribution in [2.24, 2.45) is 5.92 Å². The first kappa shape index (κ1) is 19.7. The average molecular weight is 449 g/mol. The molecule has 0 radical (unpaired) electrons. The van der Waals surface area contributed by atoms with Gasteiger partial charge in [-0.2, -0.15) is 26.3 Å². The first-order valence-corrected chi connectivity index (χ1v) is 7.41. The van der Waals surface area contributed by atoms with Gasteiger partial charge >= 0.3 is 18.3 Å². The highest BCUT2D eigenvalue weighted by Gasteiger charge is 2.76. The lowest BCUT2D eigenvalue weighted by Gasteiger charge is -2.40. The molecule has 22 heavy (non-hydrogen) atoms. The molecule has 0 aromatic heterocycles. The van der Waals surface area contributed by atoms with Gasteiger partial charge in [-0.15, -0.1) is 0 Å². The minimum absolute atomic E-state index is 0.356. The summed E-state index contributed by atoms with van der Waals surface area (Å²) in [6.45, 7) is 2.41. The summed E-state index contributed by atoms with van der Waals surface area (Å²) in [6.07, 6.45) is -14.9. The van der Waals surface area contributed by atoms with Crippen LogP contribution in [0.4, 0.5) is 26.3 Å². The molecule has 2 N–H and O–H groups in total. The third kappa shape index (κ3) is 3.78. The second-order valence-electron chi connectivity index (χ2n) is 5.28. The number of esters is 1. The summed E-state index contributed by atoms with van der Waals surface area (Å²) in [6, 6.07) is -0.356. The first-order chi connectivity index (χ1) is 9.73. The average Bonchev–Trinajstić information content (AvgIpc) is 3.14. The van der Waals surface area contributed by atoms with Crippen molar-refractivity contribution in [3.63, 3.8) is 0 Å². The summed E-state index contributed by atoms with van der Waals surface area (Å²) >= 11 is 1.57. The lowest BCUT2D eigenvalue weighted by Crippen LogP contribution is -2.66. The molecule has 1 fully saturated rings. The number of halogens is 7. The molecule has 1 rings (SSSR count). The van der Waals surface area contributed by atoms with Crippen LogP contribution >= 0.6 is 22.6 Å². The summed E-state index contributed by atoms with van der Waals surface area (Å²) in [7, 11) is 0. The minimum Gasteiger partial charge on any atom is -0.457 e. The molecular weight excluding hydrogens is 435 g/mol. The van der Waals surface area contributed by atoms with Crippen LogP contribution in [-0.2, 0) is 9.53 Å². The molecule has 0 amide bonds. The second kappa shape index (κ2) is 6.30. The van der Waals surface area contributed by atoms with Crippen molar-refractivity contribution < 1.29 is 41.0 Å². The third-order valence-corrected chi connectivity index (χ3v) is 4.52. The molecule has 3 atom stereocenters. The van der Waals surface area contributed by atoms with Gasteiger partial charge in [-0.1, -0.05) is 36.4 Å². The lowest BCUT2D eigenvalue weighted by molar-refractivity contribution is -0.395. The van der Waals surface area contributed by atoms with E-state index in [1.54, 1.807) is 22.6 Å². The molecule has 1 aliphatic heterocycles. The van der Waals surface area contributed by atoms with Gasteiger partial charge in [0.05, 0.1) is 0 Å². The lowest BCUT2D eigenvalue weighted by atomic mass is 9.87. The molecule has 1 heterocycles. The van der Waals surface area contributed by atoms with E-state index >= 15 is 0 Å². The van der Waals surface area contributed by atoms with Crippen molar-refractivity contribution in [2.75, 3.05) is 6.54 Å². The van der Waals surface area contributed by atoms with Gasteiger partial charge in [0, 0.05) is 12.6 Å². The highest BCUT2D eigenvalue weighted by Crippen LogP contribution is 2.48. The van der Waals surface area contributed by atoms with E-state index in [9.17, 15) is 36.2 Å². The highest BCUT2D eigenvalue weighted by molar-refractivity contribution is 14.1. The van der Waals surface area contributed by atoms with Crippen molar-refractivity contribution in [1.29, 1.82) is 0 Å². The number of nitrogens with one attached hydrogen (secondary N) is 1. The highest BCUT2D eigenvalue weighted by atomic mass is 127. The largest absolute Gasteiger partial charge is 0.457 e. The second-order valence-corrected chi connectivity index (χ2v) is 6.62. The number of aliphatic hydroxyl groups is 1. The van der Waals surface area contributed by atoms with Crippen molar-refractivity contribution in [3.05, 3.63) is 0 Å². The fourth-order valence-electron chi connectivity index (χ4n) is 1.82.